The zero-order chi connectivity index (χ0) is 28.3. The van der Waals surface area contributed by atoms with E-state index in [1.54, 1.807) is 61.3 Å². The lowest BCUT2D eigenvalue weighted by atomic mass is 9.92. The Morgan fingerprint density at radius 2 is 1.88 bits per heavy atom. The topological polar surface area (TPSA) is 141 Å². The van der Waals surface area contributed by atoms with Crippen LogP contribution in [0.3, 0.4) is 0 Å². The first kappa shape index (κ1) is 27.1. The van der Waals surface area contributed by atoms with Crippen LogP contribution in [-0.4, -0.2) is 55.9 Å². The van der Waals surface area contributed by atoms with Gasteiger partial charge in [0.05, 0.1) is 40.7 Å². The first-order chi connectivity index (χ1) is 19.2. The quantitative estimate of drug-likeness (QED) is 0.292. The molecule has 0 aliphatic heterocycles. The zero-order valence-electron chi connectivity index (χ0n) is 22.5. The van der Waals surface area contributed by atoms with Gasteiger partial charge in [0, 0.05) is 24.0 Å². The Morgan fingerprint density at radius 1 is 1.07 bits per heavy atom. The first-order valence-corrected chi connectivity index (χ1v) is 13.3. The maximum atomic E-state index is 13.1. The van der Waals surface area contributed by atoms with E-state index in [-0.39, 0.29) is 24.7 Å². The van der Waals surface area contributed by atoms with Crippen LogP contribution < -0.4 is 20.5 Å². The molecular weight excluding hydrogens is 510 g/mol. The summed E-state index contributed by atoms with van der Waals surface area (Å²) in [5.74, 6) is 0.273. The lowest BCUT2D eigenvalue weighted by molar-refractivity contribution is 0.0283. The van der Waals surface area contributed by atoms with Crippen molar-refractivity contribution in [2.24, 2.45) is 5.73 Å². The number of ether oxygens (including phenoxy) is 2. The van der Waals surface area contributed by atoms with Gasteiger partial charge in [0.1, 0.15) is 18.1 Å². The van der Waals surface area contributed by atoms with Crippen molar-refractivity contribution < 1.29 is 24.2 Å². The van der Waals surface area contributed by atoms with E-state index in [0.29, 0.717) is 28.1 Å². The summed E-state index contributed by atoms with van der Waals surface area (Å²) in [5.41, 5.74) is 7.94. The minimum Gasteiger partial charge on any atom is -0.490 e. The Bertz CT molecular complexity index is 1500. The van der Waals surface area contributed by atoms with Crippen LogP contribution >= 0.6 is 0 Å². The molecule has 0 saturated heterocycles. The lowest BCUT2D eigenvalue weighted by Crippen LogP contribution is -2.39. The molecule has 1 saturated carbocycles. The summed E-state index contributed by atoms with van der Waals surface area (Å²) in [7, 11) is 0. The van der Waals surface area contributed by atoms with Crippen molar-refractivity contribution in [2.45, 2.75) is 57.3 Å². The van der Waals surface area contributed by atoms with E-state index in [0.717, 1.165) is 36.8 Å². The van der Waals surface area contributed by atoms with Crippen LogP contribution in [0.1, 0.15) is 60.2 Å². The van der Waals surface area contributed by atoms with Gasteiger partial charge in [0.25, 0.3) is 11.8 Å². The number of nitrogens with zero attached hydrogens (tertiary/aromatic N) is 3. The summed E-state index contributed by atoms with van der Waals surface area (Å²) in [6.07, 6.45) is 9.49. The Morgan fingerprint density at radius 3 is 2.58 bits per heavy atom. The maximum Gasteiger partial charge on any atom is 0.255 e. The highest BCUT2D eigenvalue weighted by atomic mass is 16.5. The van der Waals surface area contributed by atoms with Crippen LogP contribution in [0.25, 0.3) is 16.6 Å². The third-order valence-corrected chi connectivity index (χ3v) is 6.87. The fourth-order valence-corrected chi connectivity index (χ4v) is 4.79. The van der Waals surface area contributed by atoms with Crippen LogP contribution in [0, 0.1) is 0 Å². The predicted molar refractivity (Wildman–Crippen MR) is 149 cm³/mol. The Hall–Kier alpha value is -4.44. The number of hydrogen-bond acceptors (Lipinski definition) is 7. The molecule has 5 rings (SSSR count). The highest BCUT2D eigenvalue weighted by Gasteiger charge is 2.26. The third kappa shape index (κ3) is 6.40. The van der Waals surface area contributed by atoms with E-state index in [1.165, 1.54) is 0 Å². The molecule has 0 spiro atoms. The lowest BCUT2D eigenvalue weighted by Gasteiger charge is -2.30. The summed E-state index contributed by atoms with van der Waals surface area (Å²) >= 11 is 0. The van der Waals surface area contributed by atoms with Gasteiger partial charge in [-0.1, -0.05) is 12.1 Å². The molecule has 0 radical (unpaired) electrons. The van der Waals surface area contributed by atoms with Gasteiger partial charge in [-0.2, -0.15) is 5.10 Å². The van der Waals surface area contributed by atoms with Gasteiger partial charge in [-0.15, -0.1) is 0 Å². The van der Waals surface area contributed by atoms with Crippen LogP contribution in [-0.2, 0) is 0 Å². The molecule has 10 nitrogen and oxygen atoms in total. The molecule has 1 aliphatic rings. The Labute approximate surface area is 232 Å². The molecule has 1 fully saturated rings. The summed E-state index contributed by atoms with van der Waals surface area (Å²) in [4.78, 5) is 29.3. The second-order valence-corrected chi connectivity index (χ2v) is 10.7. The number of carbonyl (C=O) groups excluding carboxylic acids is 2. The molecule has 3 aromatic heterocycles. The van der Waals surface area contributed by atoms with E-state index >= 15 is 0 Å². The number of aromatic nitrogens is 3. The smallest absolute Gasteiger partial charge is 0.255 e. The Balaban J connectivity index is 1.19. The molecule has 4 N–H and O–H groups in total. The first-order valence-electron chi connectivity index (χ1n) is 13.3. The van der Waals surface area contributed by atoms with Gasteiger partial charge < -0.3 is 25.6 Å². The van der Waals surface area contributed by atoms with Crippen molar-refractivity contribution in [1.82, 2.24) is 19.9 Å². The largest absolute Gasteiger partial charge is 0.490 e. The van der Waals surface area contributed by atoms with E-state index in [1.807, 2.05) is 24.3 Å². The molecule has 208 valence electrons. The van der Waals surface area contributed by atoms with Gasteiger partial charge in [0.2, 0.25) is 0 Å². The van der Waals surface area contributed by atoms with Gasteiger partial charge in [-0.3, -0.25) is 14.6 Å². The second-order valence-electron chi connectivity index (χ2n) is 10.7. The zero-order valence-corrected chi connectivity index (χ0v) is 22.5. The minimum atomic E-state index is -0.956. The fraction of sp³-hybridized carbons (Fsp3) is 0.333. The molecule has 0 unspecified atom stereocenters. The summed E-state index contributed by atoms with van der Waals surface area (Å²) in [5, 5.41) is 17.3. The van der Waals surface area contributed by atoms with Crippen molar-refractivity contribution in [2.75, 3.05) is 6.61 Å². The molecule has 1 aliphatic carbocycles. The number of primary amides is 1. The fourth-order valence-electron chi connectivity index (χ4n) is 4.79. The highest BCUT2D eigenvalue weighted by molar-refractivity contribution is 6.00. The number of carbonyl (C=O) groups is 2. The number of fused-ring (bicyclic) bond motifs is 1. The average Bonchev–Trinajstić information content (AvgIpc) is 3.36. The van der Waals surface area contributed by atoms with Crippen molar-refractivity contribution in [3.63, 3.8) is 0 Å². The number of benzene rings is 1. The number of rotatable bonds is 9. The third-order valence-electron chi connectivity index (χ3n) is 6.87. The summed E-state index contributed by atoms with van der Waals surface area (Å²) in [6.45, 7) is 3.47. The molecule has 1 aromatic carbocycles. The molecule has 0 bridgehead atoms. The SMILES string of the molecule is CC(C)(O)COc1ccc2c(C(=O)NC3CCC(Oc4cc(-c5cccnc5)ccc4C(N)=O)CC3)cnn2c1. The second kappa shape index (κ2) is 11.4. The molecular formula is C30H33N5O5. The summed E-state index contributed by atoms with van der Waals surface area (Å²) < 4.78 is 13.5. The maximum absolute atomic E-state index is 13.1. The van der Waals surface area contributed by atoms with Gasteiger partial charge >= 0.3 is 0 Å². The minimum absolute atomic E-state index is 0.00553. The highest BCUT2D eigenvalue weighted by Crippen LogP contribution is 2.31. The van der Waals surface area contributed by atoms with Crippen LogP contribution in [0.15, 0.2) is 67.3 Å². The average molecular weight is 544 g/mol. The van der Waals surface area contributed by atoms with Crippen molar-refractivity contribution in [3.05, 3.63) is 78.4 Å². The predicted octanol–water partition coefficient (Wildman–Crippen LogP) is 3.76. The standard InChI is InChI=1S/C30H33N5O5/c1-30(2,38)18-39-23-10-12-26-25(16-33-35(26)17-23)29(37)34-21-6-8-22(9-7-21)40-27-14-19(5-11-24(27)28(31)36)20-4-3-13-32-15-20/h3-5,10-17,21-22,38H,6-9,18H2,1-2H3,(H2,31,36)(H,34,37). The molecule has 0 atom stereocenters. The van der Waals surface area contributed by atoms with Crippen molar-refractivity contribution in [1.29, 1.82) is 0 Å². The Kier molecular flexibility index (Phi) is 7.70. The van der Waals surface area contributed by atoms with Gasteiger partial charge in [-0.05, 0) is 75.4 Å². The van der Waals surface area contributed by atoms with E-state index in [4.69, 9.17) is 15.2 Å². The number of amides is 2. The van der Waals surface area contributed by atoms with Gasteiger partial charge in [0.15, 0.2) is 0 Å². The number of nitrogens with one attached hydrogen (secondary N) is 1. The number of pyridine rings is 2. The molecule has 10 heteroatoms. The van der Waals surface area contributed by atoms with Crippen LogP contribution in [0.5, 0.6) is 11.5 Å². The van der Waals surface area contributed by atoms with Crippen LogP contribution in [0.2, 0.25) is 0 Å². The van der Waals surface area contributed by atoms with Crippen molar-refractivity contribution >= 4 is 17.3 Å². The van der Waals surface area contributed by atoms with E-state index in [2.05, 4.69) is 15.4 Å². The number of hydrogen-bond donors (Lipinski definition) is 3. The normalized spacial score (nSPS) is 17.4. The molecule has 40 heavy (non-hydrogen) atoms. The molecule has 3 heterocycles. The summed E-state index contributed by atoms with van der Waals surface area (Å²) in [6, 6.07) is 12.7. The van der Waals surface area contributed by atoms with Crippen molar-refractivity contribution in [3.8, 4) is 22.6 Å². The van der Waals surface area contributed by atoms with Crippen LogP contribution in [0.4, 0.5) is 0 Å². The molecule has 2 amide bonds. The molecule has 4 aromatic rings. The van der Waals surface area contributed by atoms with E-state index in [9.17, 15) is 14.7 Å². The monoisotopic (exact) mass is 543 g/mol. The van der Waals surface area contributed by atoms with E-state index < -0.39 is 11.5 Å². The number of nitrogens with two attached hydrogens (primary N) is 1. The van der Waals surface area contributed by atoms with Gasteiger partial charge in [-0.25, -0.2) is 4.52 Å². The number of aliphatic hydroxyl groups is 1.